The summed E-state index contributed by atoms with van der Waals surface area (Å²) in [6.07, 6.45) is 1.51. The van der Waals surface area contributed by atoms with Crippen molar-refractivity contribution in [1.29, 1.82) is 0 Å². The maximum absolute atomic E-state index is 12.7. The summed E-state index contributed by atoms with van der Waals surface area (Å²) in [6.45, 7) is 3.10. The Bertz CT molecular complexity index is 770. The van der Waals surface area contributed by atoms with E-state index in [1.807, 2.05) is 18.2 Å². The van der Waals surface area contributed by atoms with E-state index in [4.69, 9.17) is 20.8 Å². The summed E-state index contributed by atoms with van der Waals surface area (Å²) in [7, 11) is 0. The number of carbonyl (C=O) groups is 2. The summed E-state index contributed by atoms with van der Waals surface area (Å²) in [4.78, 5) is 26.3. The quantitative estimate of drug-likeness (QED) is 0.772. The molecule has 1 aliphatic rings. The number of esters is 1. The highest BCUT2D eigenvalue weighted by Crippen LogP contribution is 2.30. The van der Waals surface area contributed by atoms with Gasteiger partial charge in [-0.3, -0.25) is 9.59 Å². The number of piperidine rings is 1. The second-order valence-electron chi connectivity index (χ2n) is 5.99. The van der Waals surface area contributed by atoms with Gasteiger partial charge in [0.05, 0.1) is 17.5 Å². The van der Waals surface area contributed by atoms with Crippen molar-refractivity contribution >= 4 is 23.5 Å². The van der Waals surface area contributed by atoms with E-state index in [0.717, 1.165) is 18.4 Å². The number of halogens is 1. The summed E-state index contributed by atoms with van der Waals surface area (Å²) in [5, 5.41) is 0.566. The van der Waals surface area contributed by atoms with Crippen molar-refractivity contribution < 1.29 is 18.7 Å². The third-order valence-electron chi connectivity index (χ3n) is 4.28. The molecule has 1 amide bonds. The van der Waals surface area contributed by atoms with Gasteiger partial charge in [-0.15, -0.1) is 0 Å². The van der Waals surface area contributed by atoms with Gasteiger partial charge in [0.25, 0.3) is 5.91 Å². The van der Waals surface area contributed by atoms with Gasteiger partial charge in [-0.1, -0.05) is 23.7 Å². The van der Waals surface area contributed by atoms with Crippen LogP contribution in [0.25, 0.3) is 11.3 Å². The monoisotopic (exact) mass is 361 g/mol. The molecule has 1 saturated heterocycles. The normalized spacial score (nSPS) is 17.4. The lowest BCUT2D eigenvalue weighted by atomic mass is 9.98. The van der Waals surface area contributed by atoms with Gasteiger partial charge >= 0.3 is 5.97 Å². The first kappa shape index (κ1) is 17.5. The topological polar surface area (TPSA) is 59.8 Å². The molecule has 25 heavy (non-hydrogen) atoms. The third kappa shape index (κ3) is 3.87. The number of amides is 1. The molecule has 1 aromatic carbocycles. The molecule has 132 valence electrons. The number of furan rings is 1. The first-order valence-corrected chi connectivity index (χ1v) is 8.78. The van der Waals surface area contributed by atoms with Gasteiger partial charge in [-0.05, 0) is 44.0 Å². The number of benzene rings is 1. The van der Waals surface area contributed by atoms with Crippen molar-refractivity contribution in [3.05, 3.63) is 47.2 Å². The maximum Gasteiger partial charge on any atom is 0.310 e. The zero-order valence-corrected chi connectivity index (χ0v) is 14.8. The van der Waals surface area contributed by atoms with Crippen molar-refractivity contribution in [3.63, 3.8) is 0 Å². The van der Waals surface area contributed by atoms with E-state index in [9.17, 15) is 9.59 Å². The summed E-state index contributed by atoms with van der Waals surface area (Å²) in [5.74, 6) is 0.0754. The minimum Gasteiger partial charge on any atom is -0.466 e. The minimum absolute atomic E-state index is 0.215. The molecule has 6 heteroatoms. The van der Waals surface area contributed by atoms with Crippen molar-refractivity contribution in [2.45, 2.75) is 19.8 Å². The SMILES string of the molecule is CCOC(=O)[C@H]1CCCN(C(=O)c2ccc(-c3ccccc3Cl)o2)C1. The van der Waals surface area contributed by atoms with Gasteiger partial charge in [-0.2, -0.15) is 0 Å². The van der Waals surface area contributed by atoms with Gasteiger partial charge in [0.1, 0.15) is 5.76 Å². The lowest BCUT2D eigenvalue weighted by molar-refractivity contribution is -0.149. The van der Waals surface area contributed by atoms with E-state index in [1.54, 1.807) is 30.0 Å². The zero-order valence-electron chi connectivity index (χ0n) is 14.0. The lowest BCUT2D eigenvalue weighted by Gasteiger charge is -2.30. The molecule has 0 bridgehead atoms. The van der Waals surface area contributed by atoms with Crippen LogP contribution in [0.2, 0.25) is 5.02 Å². The molecular weight excluding hydrogens is 342 g/mol. The Kier molecular flexibility index (Phi) is 5.43. The maximum atomic E-state index is 12.7. The van der Waals surface area contributed by atoms with E-state index in [2.05, 4.69) is 0 Å². The van der Waals surface area contributed by atoms with E-state index in [0.29, 0.717) is 30.5 Å². The standard InChI is InChI=1S/C19H20ClNO4/c1-2-24-19(23)13-6-5-11-21(12-13)18(22)17-10-9-16(25-17)14-7-3-4-8-15(14)20/h3-4,7-10,13H,2,5-6,11-12H2,1H3/t13-/m0/s1. The predicted molar refractivity (Wildman–Crippen MR) is 94.4 cm³/mol. The van der Waals surface area contributed by atoms with E-state index < -0.39 is 0 Å². The Morgan fingerprint density at radius 3 is 2.84 bits per heavy atom. The summed E-state index contributed by atoms with van der Waals surface area (Å²) in [5.41, 5.74) is 0.742. The highest BCUT2D eigenvalue weighted by Gasteiger charge is 2.31. The Labute approximate surface area is 151 Å². The van der Waals surface area contributed by atoms with Crippen LogP contribution >= 0.6 is 11.6 Å². The number of hydrogen-bond acceptors (Lipinski definition) is 4. The van der Waals surface area contributed by atoms with Crippen molar-refractivity contribution in [1.82, 2.24) is 4.90 Å². The average molecular weight is 362 g/mol. The third-order valence-corrected chi connectivity index (χ3v) is 4.61. The molecule has 1 aliphatic heterocycles. The van der Waals surface area contributed by atoms with Gasteiger partial charge < -0.3 is 14.1 Å². The largest absolute Gasteiger partial charge is 0.466 e. The van der Waals surface area contributed by atoms with E-state index in [1.165, 1.54) is 0 Å². The van der Waals surface area contributed by atoms with Crippen LogP contribution in [-0.2, 0) is 9.53 Å². The zero-order chi connectivity index (χ0) is 17.8. The lowest BCUT2D eigenvalue weighted by Crippen LogP contribution is -2.42. The first-order valence-electron chi connectivity index (χ1n) is 8.40. The smallest absolute Gasteiger partial charge is 0.310 e. The van der Waals surface area contributed by atoms with Crippen molar-refractivity contribution in [2.24, 2.45) is 5.92 Å². The molecule has 1 atom stereocenters. The fourth-order valence-corrected chi connectivity index (χ4v) is 3.26. The molecule has 2 heterocycles. The van der Waals surface area contributed by atoms with Crippen LogP contribution in [0.5, 0.6) is 0 Å². The Morgan fingerprint density at radius 1 is 1.28 bits per heavy atom. The predicted octanol–water partition coefficient (Wildman–Crippen LogP) is 4.02. The van der Waals surface area contributed by atoms with Crippen LogP contribution in [0.3, 0.4) is 0 Å². The summed E-state index contributed by atoms with van der Waals surface area (Å²) >= 11 is 6.17. The van der Waals surface area contributed by atoms with Crippen LogP contribution in [0.15, 0.2) is 40.8 Å². The molecule has 2 aromatic rings. The Balaban J connectivity index is 1.73. The van der Waals surface area contributed by atoms with Crippen LogP contribution in [0.1, 0.15) is 30.3 Å². The number of likely N-dealkylation sites (tertiary alicyclic amines) is 1. The van der Waals surface area contributed by atoms with Crippen LogP contribution in [0, 0.1) is 5.92 Å². The highest BCUT2D eigenvalue weighted by atomic mass is 35.5. The van der Waals surface area contributed by atoms with E-state index >= 15 is 0 Å². The fourth-order valence-electron chi connectivity index (χ4n) is 3.03. The number of rotatable bonds is 4. The molecule has 0 spiro atoms. The van der Waals surface area contributed by atoms with Crippen LogP contribution in [0.4, 0.5) is 0 Å². The molecule has 5 nitrogen and oxygen atoms in total. The molecule has 1 aromatic heterocycles. The molecule has 0 saturated carbocycles. The second kappa shape index (κ2) is 7.74. The molecular formula is C19H20ClNO4. The molecule has 0 aliphatic carbocycles. The molecule has 0 unspecified atom stereocenters. The van der Waals surface area contributed by atoms with Crippen LogP contribution < -0.4 is 0 Å². The second-order valence-corrected chi connectivity index (χ2v) is 6.39. The number of hydrogen-bond donors (Lipinski definition) is 0. The molecule has 1 fully saturated rings. The average Bonchev–Trinajstić information content (AvgIpc) is 3.11. The Morgan fingerprint density at radius 2 is 2.08 bits per heavy atom. The van der Waals surface area contributed by atoms with Gasteiger partial charge in [-0.25, -0.2) is 0 Å². The fraction of sp³-hybridized carbons (Fsp3) is 0.368. The van der Waals surface area contributed by atoms with Crippen molar-refractivity contribution in [2.75, 3.05) is 19.7 Å². The van der Waals surface area contributed by atoms with Gasteiger partial charge in [0, 0.05) is 18.7 Å². The Hall–Kier alpha value is -2.27. The van der Waals surface area contributed by atoms with Gasteiger partial charge in [0.15, 0.2) is 5.76 Å². The van der Waals surface area contributed by atoms with Crippen LogP contribution in [-0.4, -0.2) is 36.5 Å². The summed E-state index contributed by atoms with van der Waals surface area (Å²) in [6, 6.07) is 10.7. The molecule has 3 rings (SSSR count). The number of nitrogens with zero attached hydrogens (tertiary/aromatic N) is 1. The first-order chi connectivity index (χ1) is 12.1. The number of ether oxygens (including phenoxy) is 1. The molecule has 0 N–H and O–H groups in total. The van der Waals surface area contributed by atoms with Gasteiger partial charge in [0.2, 0.25) is 0 Å². The van der Waals surface area contributed by atoms with Crippen molar-refractivity contribution in [3.8, 4) is 11.3 Å². The van der Waals surface area contributed by atoms with E-state index in [-0.39, 0.29) is 23.6 Å². The number of carbonyl (C=O) groups excluding carboxylic acids is 2. The highest BCUT2D eigenvalue weighted by molar-refractivity contribution is 6.33. The molecule has 0 radical (unpaired) electrons. The summed E-state index contributed by atoms with van der Waals surface area (Å²) < 4.78 is 10.8. The minimum atomic E-state index is -0.268.